The van der Waals surface area contributed by atoms with Gasteiger partial charge in [0.25, 0.3) is 0 Å². The van der Waals surface area contributed by atoms with Crippen molar-refractivity contribution in [1.82, 2.24) is 10.6 Å². The first-order valence-electron chi connectivity index (χ1n) is 7.50. The van der Waals surface area contributed by atoms with Gasteiger partial charge in [-0.3, -0.25) is 14.4 Å². The van der Waals surface area contributed by atoms with Crippen LogP contribution in [0.1, 0.15) is 33.6 Å². The smallest absolute Gasteiger partial charge is 0.328 e. The average molecular weight is 347 g/mol. The Morgan fingerprint density at radius 2 is 1.50 bits per heavy atom. The molecule has 0 heterocycles. The first-order chi connectivity index (χ1) is 11.0. The summed E-state index contributed by atoms with van der Waals surface area (Å²) in [5.74, 6) is -4.68. The van der Waals surface area contributed by atoms with Crippen LogP contribution in [0.25, 0.3) is 0 Å². The Kier molecular flexibility index (Phi) is 8.93. The molecule has 0 radical (unpaired) electrons. The zero-order chi connectivity index (χ0) is 19.0. The van der Waals surface area contributed by atoms with Crippen LogP contribution in [0.5, 0.6) is 0 Å². The molecule has 5 unspecified atom stereocenters. The molecule has 138 valence electrons. The van der Waals surface area contributed by atoms with Gasteiger partial charge in [-0.25, -0.2) is 4.79 Å². The number of amides is 2. The van der Waals surface area contributed by atoms with Crippen LogP contribution in [0.4, 0.5) is 0 Å². The molecule has 0 fully saturated rings. The second-order valence-corrected chi connectivity index (χ2v) is 5.64. The molecule has 0 aromatic heterocycles. The van der Waals surface area contributed by atoms with Gasteiger partial charge in [0.1, 0.15) is 6.04 Å². The summed E-state index contributed by atoms with van der Waals surface area (Å²) in [7, 11) is 0. The van der Waals surface area contributed by atoms with Crippen molar-refractivity contribution >= 4 is 23.8 Å². The van der Waals surface area contributed by atoms with Gasteiger partial charge in [-0.15, -0.1) is 0 Å². The van der Waals surface area contributed by atoms with Crippen molar-refractivity contribution in [1.29, 1.82) is 0 Å². The fraction of sp³-hybridized carbons (Fsp3) is 0.714. The van der Waals surface area contributed by atoms with E-state index in [-0.39, 0.29) is 5.92 Å². The molecule has 0 saturated carbocycles. The van der Waals surface area contributed by atoms with Crippen molar-refractivity contribution in [2.75, 3.05) is 0 Å². The first kappa shape index (κ1) is 21.8. The fourth-order valence-electron chi connectivity index (χ4n) is 1.87. The van der Waals surface area contributed by atoms with Crippen LogP contribution < -0.4 is 16.4 Å². The van der Waals surface area contributed by atoms with Crippen molar-refractivity contribution in [3.05, 3.63) is 0 Å². The Bertz CT molecular complexity index is 481. The van der Waals surface area contributed by atoms with E-state index in [0.29, 0.717) is 6.42 Å². The molecule has 0 aliphatic carbocycles. The lowest BCUT2D eigenvalue weighted by Crippen LogP contribution is -2.58. The molecule has 0 aromatic carbocycles. The molecule has 24 heavy (non-hydrogen) atoms. The van der Waals surface area contributed by atoms with E-state index in [4.69, 9.17) is 15.9 Å². The number of rotatable bonds is 10. The van der Waals surface area contributed by atoms with E-state index < -0.39 is 54.4 Å². The number of aliphatic hydroxyl groups excluding tert-OH is 1. The minimum Gasteiger partial charge on any atom is -0.481 e. The van der Waals surface area contributed by atoms with Gasteiger partial charge in [-0.05, 0) is 12.8 Å². The second-order valence-electron chi connectivity index (χ2n) is 5.64. The fourth-order valence-corrected chi connectivity index (χ4v) is 1.87. The van der Waals surface area contributed by atoms with E-state index >= 15 is 0 Å². The number of hydrogen-bond donors (Lipinski definition) is 6. The highest BCUT2D eigenvalue weighted by Crippen LogP contribution is 2.09. The summed E-state index contributed by atoms with van der Waals surface area (Å²) in [6, 6.07) is -3.98. The molecule has 0 aliphatic heterocycles. The maximum Gasteiger partial charge on any atom is 0.328 e. The summed E-state index contributed by atoms with van der Waals surface area (Å²) < 4.78 is 0. The maximum absolute atomic E-state index is 12.3. The molecule has 10 heteroatoms. The highest BCUT2D eigenvalue weighted by atomic mass is 16.4. The normalized spacial score (nSPS) is 17.0. The molecule has 0 spiro atoms. The van der Waals surface area contributed by atoms with Gasteiger partial charge in [-0.2, -0.15) is 0 Å². The molecule has 0 saturated heterocycles. The number of carbonyl (C=O) groups excluding carboxylic acids is 2. The predicted molar refractivity (Wildman–Crippen MR) is 82.9 cm³/mol. The predicted octanol–water partition coefficient (Wildman–Crippen LogP) is -1.73. The van der Waals surface area contributed by atoms with Crippen LogP contribution in [0.3, 0.4) is 0 Å². The van der Waals surface area contributed by atoms with Gasteiger partial charge in [-0.1, -0.05) is 20.3 Å². The van der Waals surface area contributed by atoms with E-state index in [2.05, 4.69) is 10.6 Å². The number of hydrogen-bond acceptors (Lipinski definition) is 6. The van der Waals surface area contributed by atoms with Crippen molar-refractivity contribution in [3.8, 4) is 0 Å². The van der Waals surface area contributed by atoms with Crippen LogP contribution >= 0.6 is 0 Å². The average Bonchev–Trinajstić information content (AvgIpc) is 2.47. The Morgan fingerprint density at radius 1 is 1.00 bits per heavy atom. The highest BCUT2D eigenvalue weighted by molar-refractivity contribution is 5.93. The van der Waals surface area contributed by atoms with Crippen molar-refractivity contribution < 1.29 is 34.5 Å². The van der Waals surface area contributed by atoms with Gasteiger partial charge in [0.15, 0.2) is 6.04 Å². The van der Waals surface area contributed by atoms with Crippen molar-refractivity contribution in [3.63, 3.8) is 0 Å². The lowest BCUT2D eigenvalue weighted by Gasteiger charge is -2.27. The van der Waals surface area contributed by atoms with Crippen LogP contribution in [0.15, 0.2) is 0 Å². The summed E-state index contributed by atoms with van der Waals surface area (Å²) in [4.78, 5) is 45.8. The van der Waals surface area contributed by atoms with E-state index in [0.717, 1.165) is 0 Å². The molecule has 0 aliphatic rings. The Morgan fingerprint density at radius 3 is 1.88 bits per heavy atom. The SMILES string of the molecule is CCC(C)C(NC(=O)C(N)CC(=O)O)C(=O)NC(C(=O)O)C(C)O. The first-order valence-corrected chi connectivity index (χ1v) is 7.50. The third kappa shape index (κ3) is 6.92. The molecular weight excluding hydrogens is 322 g/mol. The standard InChI is InChI=1S/C14H25N3O7/c1-4-6(2)10(16-12(21)8(15)5-9(19)20)13(22)17-11(7(3)18)14(23)24/h6-8,10-11,18H,4-5,15H2,1-3H3,(H,16,21)(H,17,22)(H,19,20)(H,23,24). The lowest BCUT2D eigenvalue weighted by atomic mass is 9.97. The Hall–Kier alpha value is -2.20. The minimum absolute atomic E-state index is 0.366. The van der Waals surface area contributed by atoms with Crippen LogP contribution in [0, 0.1) is 5.92 Å². The summed E-state index contributed by atoms with van der Waals surface area (Å²) in [6.45, 7) is 4.63. The molecular formula is C14H25N3O7. The Labute approximate surface area is 139 Å². The third-order valence-corrected chi connectivity index (χ3v) is 3.57. The van der Waals surface area contributed by atoms with E-state index in [9.17, 15) is 24.3 Å². The van der Waals surface area contributed by atoms with E-state index in [1.807, 2.05) is 0 Å². The van der Waals surface area contributed by atoms with Gasteiger partial charge in [0, 0.05) is 0 Å². The van der Waals surface area contributed by atoms with Crippen LogP contribution in [-0.2, 0) is 19.2 Å². The molecule has 0 bridgehead atoms. The van der Waals surface area contributed by atoms with E-state index in [1.54, 1.807) is 13.8 Å². The lowest BCUT2D eigenvalue weighted by molar-refractivity contribution is -0.145. The molecule has 0 aromatic rings. The minimum atomic E-state index is -1.53. The van der Waals surface area contributed by atoms with Gasteiger partial charge < -0.3 is 31.7 Å². The van der Waals surface area contributed by atoms with Crippen LogP contribution in [0.2, 0.25) is 0 Å². The molecule has 2 amide bonds. The monoisotopic (exact) mass is 347 g/mol. The van der Waals surface area contributed by atoms with Gasteiger partial charge in [0.05, 0.1) is 18.6 Å². The zero-order valence-electron chi connectivity index (χ0n) is 13.9. The molecule has 0 rings (SSSR count). The highest BCUT2D eigenvalue weighted by Gasteiger charge is 2.32. The molecule has 5 atom stereocenters. The maximum atomic E-state index is 12.3. The molecule has 7 N–H and O–H groups in total. The topological polar surface area (TPSA) is 179 Å². The van der Waals surface area contributed by atoms with Crippen LogP contribution in [-0.4, -0.2) is 63.3 Å². The quantitative estimate of drug-likeness (QED) is 0.270. The number of nitrogens with two attached hydrogens (primary N) is 1. The van der Waals surface area contributed by atoms with Gasteiger partial charge in [0.2, 0.25) is 11.8 Å². The van der Waals surface area contributed by atoms with Crippen molar-refractivity contribution in [2.45, 2.75) is 57.8 Å². The largest absolute Gasteiger partial charge is 0.481 e. The number of carboxylic acids is 2. The number of nitrogens with one attached hydrogen (secondary N) is 2. The Balaban J connectivity index is 5.12. The summed E-state index contributed by atoms with van der Waals surface area (Å²) in [5, 5.41) is 31.5. The second kappa shape index (κ2) is 9.83. The van der Waals surface area contributed by atoms with E-state index in [1.165, 1.54) is 6.92 Å². The third-order valence-electron chi connectivity index (χ3n) is 3.57. The van der Waals surface area contributed by atoms with Gasteiger partial charge >= 0.3 is 11.9 Å². The number of aliphatic hydroxyl groups is 1. The summed E-state index contributed by atoms with van der Waals surface area (Å²) in [5.41, 5.74) is 5.45. The number of aliphatic carboxylic acids is 2. The number of carboxylic acid groups (broad SMARTS) is 2. The molecule has 10 nitrogen and oxygen atoms in total. The van der Waals surface area contributed by atoms with Crippen molar-refractivity contribution in [2.24, 2.45) is 11.7 Å². The summed E-state index contributed by atoms with van der Waals surface area (Å²) >= 11 is 0. The summed E-state index contributed by atoms with van der Waals surface area (Å²) in [6.07, 6.45) is -1.46. The zero-order valence-corrected chi connectivity index (χ0v) is 13.9. The number of carbonyl (C=O) groups is 4.